The second-order valence-electron chi connectivity index (χ2n) is 8.43. The smallest absolute Gasteiger partial charge is 0.241 e. The van der Waals surface area contributed by atoms with Crippen molar-refractivity contribution in [3.63, 3.8) is 0 Å². The lowest BCUT2D eigenvalue weighted by atomic mass is 9.86. The van der Waals surface area contributed by atoms with E-state index in [4.69, 9.17) is 0 Å². The highest BCUT2D eigenvalue weighted by atomic mass is 16.3. The Bertz CT molecular complexity index is 790. The molecule has 2 heterocycles. The fourth-order valence-electron chi connectivity index (χ4n) is 4.69. The number of amides is 1. The van der Waals surface area contributed by atoms with Crippen LogP contribution < -0.4 is 10.9 Å². The summed E-state index contributed by atoms with van der Waals surface area (Å²) in [7, 11) is 0. The summed E-state index contributed by atoms with van der Waals surface area (Å²) in [5.41, 5.74) is 8.90. The van der Waals surface area contributed by atoms with Crippen molar-refractivity contribution in [2.45, 2.75) is 44.4 Å². The number of nitrogens with zero attached hydrogens (tertiary/aromatic N) is 1. The second kappa shape index (κ2) is 9.08. The van der Waals surface area contributed by atoms with Crippen LogP contribution in [-0.4, -0.2) is 41.1 Å². The normalized spacial score (nSPS) is 26.4. The Labute approximate surface area is 173 Å². The predicted octanol–water partition coefficient (Wildman–Crippen LogP) is 2.68. The molecule has 0 aromatic heterocycles. The van der Waals surface area contributed by atoms with Crippen LogP contribution in [0, 0.1) is 11.8 Å². The molecule has 2 fully saturated rings. The molecule has 0 bridgehead atoms. The van der Waals surface area contributed by atoms with Gasteiger partial charge in [0.2, 0.25) is 5.91 Å². The fraction of sp³-hybridized carbons (Fsp3) is 0.458. The first-order valence-corrected chi connectivity index (χ1v) is 10.7. The van der Waals surface area contributed by atoms with Crippen molar-refractivity contribution in [3.05, 3.63) is 71.8 Å². The van der Waals surface area contributed by atoms with Crippen LogP contribution in [0.15, 0.2) is 60.7 Å². The van der Waals surface area contributed by atoms with Gasteiger partial charge in [-0.15, -0.1) is 0 Å². The number of aliphatic hydroxyl groups is 1. The lowest BCUT2D eigenvalue weighted by Crippen LogP contribution is -2.50. The average molecular weight is 394 g/mol. The first-order chi connectivity index (χ1) is 14.1. The molecule has 0 saturated carbocycles. The van der Waals surface area contributed by atoms with Gasteiger partial charge in [0.05, 0.1) is 12.1 Å². The predicted molar refractivity (Wildman–Crippen MR) is 114 cm³/mol. The van der Waals surface area contributed by atoms with E-state index < -0.39 is 0 Å². The Morgan fingerprint density at radius 3 is 2.31 bits per heavy atom. The third-order valence-electron chi connectivity index (χ3n) is 6.55. The van der Waals surface area contributed by atoms with Gasteiger partial charge in [0.15, 0.2) is 0 Å². The molecule has 5 nitrogen and oxygen atoms in total. The highest BCUT2D eigenvalue weighted by Crippen LogP contribution is 2.30. The molecular formula is C24H31N3O2. The van der Waals surface area contributed by atoms with E-state index in [1.54, 1.807) is 0 Å². The van der Waals surface area contributed by atoms with E-state index in [1.807, 2.05) is 41.3 Å². The molecule has 2 aliphatic heterocycles. The van der Waals surface area contributed by atoms with Crippen LogP contribution in [0.2, 0.25) is 0 Å². The summed E-state index contributed by atoms with van der Waals surface area (Å²) in [6, 6.07) is 20.3. The second-order valence-corrected chi connectivity index (χ2v) is 8.43. The third-order valence-corrected chi connectivity index (χ3v) is 6.55. The third kappa shape index (κ3) is 4.53. The van der Waals surface area contributed by atoms with Crippen molar-refractivity contribution >= 4 is 5.91 Å². The van der Waals surface area contributed by atoms with Gasteiger partial charge in [0, 0.05) is 19.0 Å². The van der Waals surface area contributed by atoms with Crippen LogP contribution in [0.5, 0.6) is 0 Å². The summed E-state index contributed by atoms with van der Waals surface area (Å²) in [4.78, 5) is 15.1. The van der Waals surface area contributed by atoms with Gasteiger partial charge >= 0.3 is 0 Å². The van der Waals surface area contributed by atoms with Crippen LogP contribution in [0.25, 0.3) is 0 Å². The molecule has 2 saturated heterocycles. The number of carbonyl (C=O) groups excluding carboxylic acids is 1. The SMILES string of the molecule is CC1C(C(=O)N2CCC(C(O)Cc3ccccc3)CC2)NNC1c1ccccc1. The average Bonchev–Trinajstić information content (AvgIpc) is 3.16. The topological polar surface area (TPSA) is 64.6 Å². The molecule has 0 aliphatic carbocycles. The molecule has 4 atom stereocenters. The van der Waals surface area contributed by atoms with Gasteiger partial charge in [-0.25, -0.2) is 10.9 Å². The van der Waals surface area contributed by atoms with E-state index in [-0.39, 0.29) is 35.9 Å². The molecule has 2 aromatic rings. The summed E-state index contributed by atoms with van der Waals surface area (Å²) in [5.74, 6) is 0.592. The zero-order valence-electron chi connectivity index (χ0n) is 17.0. The minimum Gasteiger partial charge on any atom is -0.392 e. The Morgan fingerprint density at radius 2 is 1.66 bits per heavy atom. The quantitative estimate of drug-likeness (QED) is 0.731. The molecule has 154 valence electrons. The number of aliphatic hydroxyl groups excluding tert-OH is 1. The Balaban J connectivity index is 1.30. The van der Waals surface area contributed by atoms with E-state index in [0.717, 1.165) is 25.9 Å². The van der Waals surface area contributed by atoms with E-state index >= 15 is 0 Å². The maximum Gasteiger partial charge on any atom is 0.241 e. The molecule has 4 unspecified atom stereocenters. The van der Waals surface area contributed by atoms with Gasteiger partial charge in [-0.05, 0) is 36.3 Å². The van der Waals surface area contributed by atoms with Gasteiger partial charge < -0.3 is 10.0 Å². The van der Waals surface area contributed by atoms with Gasteiger partial charge in [-0.2, -0.15) is 0 Å². The molecule has 5 heteroatoms. The Hall–Kier alpha value is -2.21. The molecule has 4 rings (SSSR count). The summed E-state index contributed by atoms with van der Waals surface area (Å²) < 4.78 is 0. The van der Waals surface area contributed by atoms with Crippen LogP contribution >= 0.6 is 0 Å². The molecule has 29 heavy (non-hydrogen) atoms. The van der Waals surface area contributed by atoms with Crippen LogP contribution in [0.1, 0.15) is 36.9 Å². The zero-order valence-corrected chi connectivity index (χ0v) is 17.0. The monoisotopic (exact) mass is 393 g/mol. The van der Waals surface area contributed by atoms with Crippen molar-refractivity contribution < 1.29 is 9.90 Å². The number of hydrazine groups is 1. The van der Waals surface area contributed by atoms with Crippen molar-refractivity contribution in [2.75, 3.05) is 13.1 Å². The minimum absolute atomic E-state index is 0.135. The van der Waals surface area contributed by atoms with Crippen molar-refractivity contribution in [2.24, 2.45) is 11.8 Å². The number of piperidine rings is 1. The standard InChI is InChI=1S/C24H31N3O2/c1-17-22(20-10-6-3-7-11-20)25-26-23(17)24(29)27-14-12-19(13-15-27)21(28)16-18-8-4-2-5-9-18/h2-11,17,19,21-23,25-26,28H,12-16H2,1H3. The molecule has 1 amide bonds. The number of likely N-dealkylation sites (tertiary alicyclic amines) is 1. The summed E-state index contributed by atoms with van der Waals surface area (Å²) in [6.07, 6.45) is 2.05. The molecular weight excluding hydrogens is 362 g/mol. The van der Waals surface area contributed by atoms with Crippen LogP contribution in [0.4, 0.5) is 0 Å². The van der Waals surface area contributed by atoms with E-state index in [1.165, 1.54) is 11.1 Å². The number of hydrogen-bond acceptors (Lipinski definition) is 4. The molecule has 2 aromatic carbocycles. The summed E-state index contributed by atoms with van der Waals surface area (Å²) in [5, 5.41) is 10.6. The molecule has 0 spiro atoms. The van der Waals surface area contributed by atoms with E-state index in [2.05, 4.69) is 42.0 Å². The van der Waals surface area contributed by atoms with Crippen molar-refractivity contribution in [1.29, 1.82) is 0 Å². The highest BCUT2D eigenvalue weighted by Gasteiger charge is 2.40. The van der Waals surface area contributed by atoms with Gasteiger partial charge in [-0.1, -0.05) is 67.6 Å². The lowest BCUT2D eigenvalue weighted by molar-refractivity contribution is -0.136. The first kappa shape index (κ1) is 20.1. The van der Waals surface area contributed by atoms with Crippen molar-refractivity contribution in [1.82, 2.24) is 15.8 Å². The van der Waals surface area contributed by atoms with Crippen molar-refractivity contribution in [3.8, 4) is 0 Å². The largest absolute Gasteiger partial charge is 0.392 e. The fourth-order valence-corrected chi connectivity index (χ4v) is 4.69. The van der Waals surface area contributed by atoms with Gasteiger partial charge in [0.1, 0.15) is 6.04 Å². The number of nitrogens with one attached hydrogen (secondary N) is 2. The number of rotatable bonds is 5. The molecule has 3 N–H and O–H groups in total. The minimum atomic E-state index is -0.345. The van der Waals surface area contributed by atoms with Gasteiger partial charge in [-0.3, -0.25) is 4.79 Å². The lowest BCUT2D eigenvalue weighted by Gasteiger charge is -2.36. The highest BCUT2D eigenvalue weighted by molar-refractivity contribution is 5.82. The summed E-state index contributed by atoms with van der Waals surface area (Å²) >= 11 is 0. The summed E-state index contributed by atoms with van der Waals surface area (Å²) in [6.45, 7) is 3.57. The Kier molecular flexibility index (Phi) is 6.28. The maximum atomic E-state index is 13.1. The number of benzene rings is 2. The molecule has 0 radical (unpaired) electrons. The number of carbonyl (C=O) groups is 1. The van der Waals surface area contributed by atoms with Crippen LogP contribution in [-0.2, 0) is 11.2 Å². The van der Waals surface area contributed by atoms with E-state index in [0.29, 0.717) is 6.42 Å². The zero-order chi connectivity index (χ0) is 20.2. The number of hydrogen-bond donors (Lipinski definition) is 3. The Morgan fingerprint density at radius 1 is 1.03 bits per heavy atom. The van der Waals surface area contributed by atoms with Crippen LogP contribution in [0.3, 0.4) is 0 Å². The van der Waals surface area contributed by atoms with E-state index in [9.17, 15) is 9.90 Å². The first-order valence-electron chi connectivity index (χ1n) is 10.7. The maximum absolute atomic E-state index is 13.1. The molecule has 2 aliphatic rings. The van der Waals surface area contributed by atoms with Gasteiger partial charge in [0.25, 0.3) is 0 Å².